The van der Waals surface area contributed by atoms with Crippen LogP contribution in [0.4, 0.5) is 15.9 Å². The number of benzene rings is 2. The van der Waals surface area contributed by atoms with Gasteiger partial charge in [-0.05, 0) is 42.0 Å². The minimum Gasteiger partial charge on any atom is -0.368 e. The monoisotopic (exact) mass is 455 g/mol. The van der Waals surface area contributed by atoms with Crippen LogP contribution in [0.1, 0.15) is 5.56 Å². The lowest BCUT2D eigenvalue weighted by Gasteiger charge is -2.36. The van der Waals surface area contributed by atoms with Crippen molar-refractivity contribution in [3.05, 3.63) is 87.4 Å². The molecule has 3 aromatic rings. The number of nitrogens with one attached hydrogen (secondary N) is 1. The Kier molecular flexibility index (Phi) is 6.70. The Labute approximate surface area is 190 Å². The summed E-state index contributed by atoms with van der Waals surface area (Å²) < 4.78 is 14.2. The fourth-order valence-corrected chi connectivity index (χ4v) is 3.77. The molecule has 2 aromatic carbocycles. The number of amides is 1. The van der Waals surface area contributed by atoms with E-state index in [-0.39, 0.29) is 30.4 Å². The van der Waals surface area contributed by atoms with Crippen LogP contribution in [-0.4, -0.2) is 41.9 Å². The van der Waals surface area contributed by atoms with Crippen molar-refractivity contribution in [3.8, 4) is 0 Å². The van der Waals surface area contributed by atoms with E-state index >= 15 is 0 Å². The minimum atomic E-state index is -0.344. The quantitative estimate of drug-likeness (QED) is 0.619. The van der Waals surface area contributed by atoms with E-state index in [4.69, 9.17) is 11.6 Å². The predicted octanol–water partition coefficient (Wildman–Crippen LogP) is 2.68. The number of carbonyl (C=O) groups excluding carboxylic acids is 1. The van der Waals surface area contributed by atoms with Gasteiger partial charge in [-0.25, -0.2) is 9.07 Å². The lowest BCUT2D eigenvalue weighted by atomic mass is 10.2. The molecule has 0 atom stereocenters. The molecule has 0 bridgehead atoms. The first-order valence-corrected chi connectivity index (χ1v) is 10.7. The van der Waals surface area contributed by atoms with Gasteiger partial charge < -0.3 is 15.1 Å². The molecular formula is C23H23ClFN5O2. The van der Waals surface area contributed by atoms with Crippen molar-refractivity contribution in [2.24, 2.45) is 0 Å². The van der Waals surface area contributed by atoms with Gasteiger partial charge in [-0.2, -0.15) is 5.10 Å². The summed E-state index contributed by atoms with van der Waals surface area (Å²) in [5.41, 5.74) is 1.50. The lowest BCUT2D eigenvalue weighted by Crippen LogP contribution is -2.47. The number of nitrogens with zero attached hydrogens (tertiary/aromatic N) is 4. The van der Waals surface area contributed by atoms with Crippen molar-refractivity contribution >= 4 is 29.0 Å². The first kappa shape index (κ1) is 21.8. The summed E-state index contributed by atoms with van der Waals surface area (Å²) in [6, 6.07) is 16.8. The average molecular weight is 456 g/mol. The summed E-state index contributed by atoms with van der Waals surface area (Å²) in [6.45, 7) is 3.11. The molecule has 1 N–H and O–H groups in total. The fraction of sp³-hybridized carbons (Fsp3) is 0.261. The molecule has 1 amide bonds. The van der Waals surface area contributed by atoms with E-state index in [9.17, 15) is 14.0 Å². The molecule has 2 heterocycles. The summed E-state index contributed by atoms with van der Waals surface area (Å²) in [5, 5.41) is 7.83. The third kappa shape index (κ3) is 5.45. The first-order chi connectivity index (χ1) is 15.5. The lowest BCUT2D eigenvalue weighted by molar-refractivity contribution is -0.122. The van der Waals surface area contributed by atoms with Crippen molar-refractivity contribution < 1.29 is 9.18 Å². The Bertz CT molecular complexity index is 1140. The fourth-order valence-electron chi connectivity index (χ4n) is 3.58. The van der Waals surface area contributed by atoms with Gasteiger partial charge in [0.25, 0.3) is 5.56 Å². The smallest absolute Gasteiger partial charge is 0.267 e. The summed E-state index contributed by atoms with van der Waals surface area (Å²) in [4.78, 5) is 28.9. The number of hydrogen-bond donors (Lipinski definition) is 1. The molecule has 0 aliphatic carbocycles. The van der Waals surface area contributed by atoms with E-state index in [0.717, 1.165) is 37.4 Å². The zero-order chi connectivity index (χ0) is 22.5. The zero-order valence-electron chi connectivity index (χ0n) is 17.4. The van der Waals surface area contributed by atoms with Crippen molar-refractivity contribution in [1.82, 2.24) is 15.1 Å². The molecule has 1 aliphatic heterocycles. The number of carbonyl (C=O) groups is 1. The molecule has 9 heteroatoms. The van der Waals surface area contributed by atoms with Crippen LogP contribution >= 0.6 is 11.6 Å². The van der Waals surface area contributed by atoms with Gasteiger partial charge in [0.05, 0.1) is 0 Å². The molecule has 1 fully saturated rings. The molecule has 1 aromatic heterocycles. The maximum atomic E-state index is 13.0. The highest BCUT2D eigenvalue weighted by molar-refractivity contribution is 6.30. The van der Waals surface area contributed by atoms with Gasteiger partial charge in [-0.1, -0.05) is 29.8 Å². The van der Waals surface area contributed by atoms with E-state index in [2.05, 4.69) is 20.2 Å². The Balaban J connectivity index is 1.35. The highest BCUT2D eigenvalue weighted by Crippen LogP contribution is 2.22. The van der Waals surface area contributed by atoms with Crippen LogP contribution in [0.2, 0.25) is 5.02 Å². The molecule has 7 nitrogen and oxygen atoms in total. The molecule has 1 saturated heterocycles. The van der Waals surface area contributed by atoms with Gasteiger partial charge in [0.15, 0.2) is 0 Å². The van der Waals surface area contributed by atoms with Crippen LogP contribution in [0.15, 0.2) is 65.5 Å². The molecule has 1 aliphatic rings. The van der Waals surface area contributed by atoms with E-state index in [0.29, 0.717) is 10.8 Å². The molecular weight excluding hydrogens is 433 g/mol. The molecule has 0 saturated carbocycles. The maximum Gasteiger partial charge on any atom is 0.267 e. The van der Waals surface area contributed by atoms with Crippen LogP contribution < -0.4 is 20.7 Å². The summed E-state index contributed by atoms with van der Waals surface area (Å²) >= 11 is 6.10. The second-order valence-corrected chi connectivity index (χ2v) is 7.98. The molecule has 0 unspecified atom stereocenters. The van der Waals surface area contributed by atoms with Crippen LogP contribution in [0, 0.1) is 5.82 Å². The Morgan fingerprint density at radius 3 is 2.44 bits per heavy atom. The van der Waals surface area contributed by atoms with Gasteiger partial charge in [-0.15, -0.1) is 0 Å². The Hall–Kier alpha value is -3.39. The van der Waals surface area contributed by atoms with Crippen LogP contribution in [0.25, 0.3) is 0 Å². The normalized spacial score (nSPS) is 13.8. The second kappa shape index (κ2) is 9.82. The standard InChI is InChI=1S/C23H23ClFN5O2/c24-18-2-1-3-20(14-18)28-10-12-29(13-11-28)21-8-9-23(32)30(27-21)16-22(31)26-15-17-4-6-19(25)7-5-17/h1-9,14H,10-13,15-16H2,(H,26,31). The van der Waals surface area contributed by atoms with Crippen LogP contribution in [0.3, 0.4) is 0 Å². The third-order valence-electron chi connectivity index (χ3n) is 5.33. The van der Waals surface area contributed by atoms with Crippen molar-refractivity contribution in [2.45, 2.75) is 13.1 Å². The van der Waals surface area contributed by atoms with Gasteiger partial charge in [0, 0.05) is 49.5 Å². The summed E-state index contributed by atoms with van der Waals surface area (Å²) in [6.07, 6.45) is 0. The second-order valence-electron chi connectivity index (χ2n) is 7.54. The molecule has 0 spiro atoms. The highest BCUT2D eigenvalue weighted by Gasteiger charge is 2.19. The van der Waals surface area contributed by atoms with E-state index in [1.807, 2.05) is 24.3 Å². The summed E-state index contributed by atoms with van der Waals surface area (Å²) in [5.74, 6) is -0.0189. The van der Waals surface area contributed by atoms with Crippen molar-refractivity contribution in [3.63, 3.8) is 0 Å². The van der Waals surface area contributed by atoms with Crippen LogP contribution in [-0.2, 0) is 17.9 Å². The van der Waals surface area contributed by atoms with Crippen LogP contribution in [0.5, 0.6) is 0 Å². The van der Waals surface area contributed by atoms with Gasteiger partial charge in [0.1, 0.15) is 18.2 Å². The SMILES string of the molecule is O=C(Cn1nc(N2CCN(c3cccc(Cl)c3)CC2)ccc1=O)NCc1ccc(F)cc1. The topological polar surface area (TPSA) is 70.5 Å². The Morgan fingerprint density at radius 2 is 1.72 bits per heavy atom. The number of piperazine rings is 1. The number of hydrogen-bond acceptors (Lipinski definition) is 5. The van der Waals surface area contributed by atoms with Gasteiger partial charge >= 0.3 is 0 Å². The average Bonchev–Trinajstić information content (AvgIpc) is 2.80. The number of halogens is 2. The van der Waals surface area contributed by atoms with Crippen molar-refractivity contribution in [2.75, 3.05) is 36.0 Å². The first-order valence-electron chi connectivity index (χ1n) is 10.3. The van der Waals surface area contributed by atoms with E-state index in [1.165, 1.54) is 22.9 Å². The minimum absolute atomic E-state index is 0.184. The molecule has 0 radical (unpaired) electrons. The van der Waals surface area contributed by atoms with E-state index in [1.54, 1.807) is 18.2 Å². The van der Waals surface area contributed by atoms with Gasteiger partial charge in [-0.3, -0.25) is 9.59 Å². The largest absolute Gasteiger partial charge is 0.368 e. The highest BCUT2D eigenvalue weighted by atomic mass is 35.5. The number of anilines is 2. The molecule has 4 rings (SSSR count). The maximum absolute atomic E-state index is 13.0. The summed E-state index contributed by atoms with van der Waals surface area (Å²) in [7, 11) is 0. The third-order valence-corrected chi connectivity index (χ3v) is 5.56. The predicted molar refractivity (Wildman–Crippen MR) is 123 cm³/mol. The van der Waals surface area contributed by atoms with Gasteiger partial charge in [0.2, 0.25) is 5.91 Å². The van der Waals surface area contributed by atoms with E-state index < -0.39 is 0 Å². The molecule has 32 heavy (non-hydrogen) atoms. The Morgan fingerprint density at radius 1 is 1.00 bits per heavy atom. The number of aromatic nitrogens is 2. The zero-order valence-corrected chi connectivity index (χ0v) is 18.1. The number of rotatable bonds is 6. The molecule has 166 valence electrons. The van der Waals surface area contributed by atoms with Crippen molar-refractivity contribution in [1.29, 1.82) is 0 Å².